The standard InChI is InChI=1S/C13H15N3O2/c1-13(14,12(17)18)8-9-2-4-10(5-3-9)11-15-6-7-16-11/h2-7H,8,14H2,1H3,(H,15,16)(H,17,18)/t13-/m0/s1. The van der Waals surface area contributed by atoms with E-state index < -0.39 is 11.5 Å². The summed E-state index contributed by atoms with van der Waals surface area (Å²) in [6.07, 6.45) is 3.73. The van der Waals surface area contributed by atoms with Crippen molar-refractivity contribution in [1.82, 2.24) is 9.97 Å². The third kappa shape index (κ3) is 2.57. The van der Waals surface area contributed by atoms with E-state index in [4.69, 9.17) is 10.8 Å². The SMILES string of the molecule is C[C@](N)(Cc1ccc(-c2ncc[nH]2)cc1)C(=O)O. The third-order valence-corrected chi connectivity index (χ3v) is 2.79. The van der Waals surface area contributed by atoms with Crippen LogP contribution >= 0.6 is 0 Å². The molecule has 0 aliphatic rings. The molecule has 2 aromatic rings. The van der Waals surface area contributed by atoms with Gasteiger partial charge in [0.1, 0.15) is 11.4 Å². The number of nitrogens with one attached hydrogen (secondary N) is 1. The van der Waals surface area contributed by atoms with Gasteiger partial charge in [-0.05, 0) is 12.5 Å². The molecule has 0 fully saturated rings. The maximum absolute atomic E-state index is 10.9. The second kappa shape index (κ2) is 4.62. The fourth-order valence-electron chi connectivity index (χ4n) is 1.70. The first kappa shape index (κ1) is 12.3. The minimum atomic E-state index is -1.24. The molecule has 5 heteroatoms. The quantitative estimate of drug-likeness (QED) is 0.759. The predicted octanol–water partition coefficient (Wildman–Crippen LogP) is 1.42. The van der Waals surface area contributed by atoms with Crippen molar-refractivity contribution in [3.63, 3.8) is 0 Å². The van der Waals surface area contributed by atoms with Crippen LogP contribution in [0, 0.1) is 0 Å². The maximum atomic E-state index is 10.9. The van der Waals surface area contributed by atoms with Crippen molar-refractivity contribution in [1.29, 1.82) is 0 Å². The molecule has 0 spiro atoms. The highest BCUT2D eigenvalue weighted by Gasteiger charge is 2.27. The van der Waals surface area contributed by atoms with E-state index in [9.17, 15) is 4.79 Å². The fourth-order valence-corrected chi connectivity index (χ4v) is 1.70. The first-order chi connectivity index (χ1) is 8.49. The smallest absolute Gasteiger partial charge is 0.323 e. The topological polar surface area (TPSA) is 92.0 Å². The van der Waals surface area contributed by atoms with E-state index in [0.29, 0.717) is 6.42 Å². The van der Waals surface area contributed by atoms with Gasteiger partial charge in [-0.25, -0.2) is 4.98 Å². The highest BCUT2D eigenvalue weighted by molar-refractivity contribution is 5.78. The van der Waals surface area contributed by atoms with Gasteiger partial charge in [0.2, 0.25) is 0 Å². The normalized spacial score (nSPS) is 14.1. The zero-order valence-corrected chi connectivity index (χ0v) is 10.1. The highest BCUT2D eigenvalue weighted by Crippen LogP contribution is 2.17. The number of H-pyrrole nitrogens is 1. The van der Waals surface area contributed by atoms with Crippen molar-refractivity contribution >= 4 is 5.97 Å². The number of carbonyl (C=O) groups is 1. The molecule has 0 bridgehead atoms. The van der Waals surface area contributed by atoms with Crippen molar-refractivity contribution in [3.05, 3.63) is 42.2 Å². The zero-order chi connectivity index (χ0) is 13.2. The van der Waals surface area contributed by atoms with Crippen LogP contribution in [0.15, 0.2) is 36.7 Å². The number of hydrogen-bond donors (Lipinski definition) is 3. The monoisotopic (exact) mass is 245 g/mol. The van der Waals surface area contributed by atoms with Gasteiger partial charge in [-0.2, -0.15) is 0 Å². The number of imidazole rings is 1. The van der Waals surface area contributed by atoms with Gasteiger partial charge in [0, 0.05) is 24.4 Å². The molecule has 0 amide bonds. The van der Waals surface area contributed by atoms with E-state index in [1.807, 2.05) is 24.3 Å². The summed E-state index contributed by atoms with van der Waals surface area (Å²) in [5, 5.41) is 8.97. The van der Waals surface area contributed by atoms with Gasteiger partial charge < -0.3 is 15.8 Å². The van der Waals surface area contributed by atoms with Crippen LogP contribution < -0.4 is 5.73 Å². The Balaban J connectivity index is 2.16. The van der Waals surface area contributed by atoms with E-state index >= 15 is 0 Å². The molecular weight excluding hydrogens is 230 g/mol. The summed E-state index contributed by atoms with van der Waals surface area (Å²) in [5.41, 5.74) is 6.31. The Hall–Kier alpha value is -2.14. The number of nitrogens with zero attached hydrogens (tertiary/aromatic N) is 1. The van der Waals surface area contributed by atoms with Crippen LogP contribution in [-0.2, 0) is 11.2 Å². The first-order valence-electron chi connectivity index (χ1n) is 5.60. The van der Waals surface area contributed by atoms with Gasteiger partial charge >= 0.3 is 5.97 Å². The average molecular weight is 245 g/mol. The summed E-state index contributed by atoms with van der Waals surface area (Å²) in [7, 11) is 0. The summed E-state index contributed by atoms with van der Waals surface area (Å²) in [5.74, 6) is -0.215. The number of aliphatic carboxylic acids is 1. The van der Waals surface area contributed by atoms with Crippen molar-refractivity contribution < 1.29 is 9.90 Å². The molecule has 0 saturated heterocycles. The Labute approximate surface area is 105 Å². The first-order valence-corrected chi connectivity index (χ1v) is 5.60. The number of aromatic nitrogens is 2. The zero-order valence-electron chi connectivity index (χ0n) is 10.1. The van der Waals surface area contributed by atoms with E-state index in [2.05, 4.69) is 9.97 Å². The molecule has 1 heterocycles. The number of hydrogen-bond acceptors (Lipinski definition) is 3. The molecule has 1 aromatic heterocycles. The lowest BCUT2D eigenvalue weighted by Crippen LogP contribution is -2.46. The average Bonchev–Trinajstić information content (AvgIpc) is 2.83. The molecule has 0 saturated carbocycles. The van der Waals surface area contributed by atoms with Crippen LogP contribution in [0.4, 0.5) is 0 Å². The Morgan fingerprint density at radius 3 is 2.61 bits per heavy atom. The molecule has 94 valence electrons. The highest BCUT2D eigenvalue weighted by atomic mass is 16.4. The van der Waals surface area contributed by atoms with Crippen LogP contribution in [0.2, 0.25) is 0 Å². The van der Waals surface area contributed by atoms with Gasteiger partial charge in [-0.1, -0.05) is 24.3 Å². The summed E-state index contributed by atoms with van der Waals surface area (Å²) >= 11 is 0. The van der Waals surface area contributed by atoms with E-state index in [1.165, 1.54) is 6.92 Å². The van der Waals surface area contributed by atoms with Crippen LogP contribution in [0.1, 0.15) is 12.5 Å². The molecule has 18 heavy (non-hydrogen) atoms. The lowest BCUT2D eigenvalue weighted by molar-refractivity contribution is -0.142. The maximum Gasteiger partial charge on any atom is 0.323 e. The van der Waals surface area contributed by atoms with Crippen LogP contribution in [0.25, 0.3) is 11.4 Å². The minimum Gasteiger partial charge on any atom is -0.480 e. The van der Waals surface area contributed by atoms with E-state index in [0.717, 1.165) is 17.0 Å². The lowest BCUT2D eigenvalue weighted by Gasteiger charge is -2.19. The third-order valence-electron chi connectivity index (χ3n) is 2.79. The minimum absolute atomic E-state index is 0.292. The van der Waals surface area contributed by atoms with Gasteiger partial charge in [0.25, 0.3) is 0 Å². The van der Waals surface area contributed by atoms with Crippen LogP contribution in [0.3, 0.4) is 0 Å². The molecule has 5 nitrogen and oxygen atoms in total. The molecule has 4 N–H and O–H groups in total. The van der Waals surface area contributed by atoms with Gasteiger partial charge in [0.15, 0.2) is 0 Å². The number of aromatic amines is 1. The number of carboxylic acids is 1. The number of rotatable bonds is 4. The van der Waals surface area contributed by atoms with Gasteiger partial charge in [0.05, 0.1) is 0 Å². The molecule has 0 unspecified atom stereocenters. The molecule has 1 aromatic carbocycles. The van der Waals surface area contributed by atoms with Crippen LogP contribution in [-0.4, -0.2) is 26.6 Å². The molecular formula is C13H15N3O2. The number of nitrogens with two attached hydrogens (primary N) is 1. The summed E-state index contributed by atoms with van der Waals surface area (Å²) < 4.78 is 0. The summed E-state index contributed by atoms with van der Waals surface area (Å²) in [4.78, 5) is 18.1. The Morgan fingerprint density at radius 1 is 1.44 bits per heavy atom. The van der Waals surface area contributed by atoms with Crippen LogP contribution in [0.5, 0.6) is 0 Å². The van der Waals surface area contributed by atoms with Crippen molar-refractivity contribution in [2.24, 2.45) is 5.73 Å². The predicted molar refractivity (Wildman–Crippen MR) is 68.0 cm³/mol. The molecule has 0 aliphatic heterocycles. The summed E-state index contributed by atoms with van der Waals surface area (Å²) in [6, 6.07) is 7.52. The Morgan fingerprint density at radius 2 is 2.11 bits per heavy atom. The van der Waals surface area contributed by atoms with E-state index in [-0.39, 0.29) is 0 Å². The van der Waals surface area contributed by atoms with Crippen molar-refractivity contribution in [2.45, 2.75) is 18.9 Å². The van der Waals surface area contributed by atoms with Crippen molar-refractivity contribution in [3.8, 4) is 11.4 Å². The van der Waals surface area contributed by atoms with E-state index in [1.54, 1.807) is 12.4 Å². The molecule has 0 radical (unpaired) electrons. The number of carboxylic acid groups (broad SMARTS) is 1. The Bertz CT molecular complexity index is 530. The molecule has 2 rings (SSSR count). The van der Waals surface area contributed by atoms with Crippen molar-refractivity contribution in [2.75, 3.05) is 0 Å². The fraction of sp³-hybridized carbons (Fsp3) is 0.231. The second-order valence-electron chi connectivity index (χ2n) is 4.53. The largest absolute Gasteiger partial charge is 0.480 e. The lowest BCUT2D eigenvalue weighted by atomic mass is 9.93. The Kier molecular flexibility index (Phi) is 3.16. The molecule has 1 atom stereocenters. The second-order valence-corrected chi connectivity index (χ2v) is 4.53. The number of benzene rings is 1. The molecule has 0 aliphatic carbocycles. The van der Waals surface area contributed by atoms with Gasteiger partial charge in [-0.15, -0.1) is 0 Å². The summed E-state index contributed by atoms with van der Waals surface area (Å²) in [6.45, 7) is 1.51. The van der Waals surface area contributed by atoms with Gasteiger partial charge in [-0.3, -0.25) is 4.79 Å².